The average Bonchev–Trinajstić information content (AvgIpc) is 3.13. The number of aromatic nitrogens is 3. The van der Waals surface area contributed by atoms with E-state index in [0.717, 1.165) is 22.0 Å². The average molecular weight is 437 g/mol. The summed E-state index contributed by atoms with van der Waals surface area (Å²) in [6.07, 6.45) is 0. The molecular weight excluding hydrogens is 416 g/mol. The molecule has 0 aliphatic rings. The molecular formula is C23H21ClN4OS. The number of fused-ring (bicyclic) bond motifs is 1. The van der Waals surface area contributed by atoms with E-state index in [2.05, 4.69) is 22.3 Å². The molecule has 0 N–H and O–H groups in total. The Balaban J connectivity index is 1.54. The Morgan fingerprint density at radius 3 is 2.57 bits per heavy atom. The van der Waals surface area contributed by atoms with Gasteiger partial charge in [0, 0.05) is 24.5 Å². The first-order valence-electron chi connectivity index (χ1n) is 9.65. The van der Waals surface area contributed by atoms with Crippen molar-refractivity contribution < 1.29 is 4.79 Å². The Kier molecular flexibility index (Phi) is 6.06. The maximum absolute atomic E-state index is 13.1. The summed E-state index contributed by atoms with van der Waals surface area (Å²) in [5.41, 5.74) is 1.74. The van der Waals surface area contributed by atoms with Gasteiger partial charge in [-0.05, 0) is 30.5 Å². The lowest BCUT2D eigenvalue weighted by Gasteiger charge is -2.22. The van der Waals surface area contributed by atoms with E-state index in [1.807, 2.05) is 78.0 Å². The maximum atomic E-state index is 13.1. The molecule has 0 saturated heterocycles. The molecule has 0 fully saturated rings. The van der Waals surface area contributed by atoms with Crippen LogP contribution in [0.4, 0.5) is 5.69 Å². The van der Waals surface area contributed by atoms with Crippen LogP contribution in [0.5, 0.6) is 0 Å². The molecule has 0 aliphatic heterocycles. The molecule has 0 aliphatic carbocycles. The van der Waals surface area contributed by atoms with Crippen LogP contribution in [0.15, 0.2) is 71.9 Å². The van der Waals surface area contributed by atoms with Crippen molar-refractivity contribution >= 4 is 45.7 Å². The first-order chi connectivity index (χ1) is 14.6. The molecule has 30 heavy (non-hydrogen) atoms. The van der Waals surface area contributed by atoms with E-state index in [9.17, 15) is 4.79 Å². The van der Waals surface area contributed by atoms with E-state index in [4.69, 9.17) is 11.6 Å². The number of hydrogen-bond acceptors (Lipinski definition) is 4. The fourth-order valence-electron chi connectivity index (χ4n) is 3.45. The van der Waals surface area contributed by atoms with Crippen LogP contribution >= 0.6 is 23.4 Å². The predicted octanol–water partition coefficient (Wildman–Crippen LogP) is 5.43. The minimum absolute atomic E-state index is 0.0288. The number of benzene rings is 3. The second kappa shape index (κ2) is 8.90. The van der Waals surface area contributed by atoms with Crippen molar-refractivity contribution in [3.8, 4) is 11.4 Å². The van der Waals surface area contributed by atoms with Gasteiger partial charge in [-0.1, -0.05) is 71.9 Å². The number of anilines is 1. The summed E-state index contributed by atoms with van der Waals surface area (Å²) >= 11 is 7.67. The van der Waals surface area contributed by atoms with Gasteiger partial charge in [-0.3, -0.25) is 4.79 Å². The second-order valence-electron chi connectivity index (χ2n) is 6.77. The van der Waals surface area contributed by atoms with E-state index < -0.39 is 0 Å². The zero-order valence-electron chi connectivity index (χ0n) is 16.7. The first-order valence-corrected chi connectivity index (χ1v) is 11.0. The topological polar surface area (TPSA) is 51.0 Å². The highest BCUT2D eigenvalue weighted by Gasteiger charge is 2.19. The summed E-state index contributed by atoms with van der Waals surface area (Å²) in [6, 6.07) is 21.7. The molecule has 0 spiro atoms. The lowest BCUT2D eigenvalue weighted by atomic mass is 10.1. The highest BCUT2D eigenvalue weighted by Crippen LogP contribution is 2.30. The monoisotopic (exact) mass is 436 g/mol. The van der Waals surface area contributed by atoms with Gasteiger partial charge in [-0.15, -0.1) is 10.2 Å². The highest BCUT2D eigenvalue weighted by molar-refractivity contribution is 7.99. The Morgan fingerprint density at radius 2 is 1.77 bits per heavy atom. The number of thioether (sulfide) groups is 1. The number of halogens is 1. The summed E-state index contributed by atoms with van der Waals surface area (Å²) in [7, 11) is 1.88. The molecule has 0 unspecified atom stereocenters. The Labute approximate surface area is 184 Å². The summed E-state index contributed by atoms with van der Waals surface area (Å²) in [6.45, 7) is 2.58. The third kappa shape index (κ3) is 3.93. The third-order valence-electron chi connectivity index (χ3n) is 4.95. The quantitative estimate of drug-likeness (QED) is 0.378. The molecule has 0 radical (unpaired) electrons. The minimum atomic E-state index is 0.0288. The maximum Gasteiger partial charge on any atom is 0.237 e. The van der Waals surface area contributed by atoms with Crippen molar-refractivity contribution in [3.63, 3.8) is 0 Å². The second-order valence-corrected chi connectivity index (χ2v) is 8.12. The SMILES string of the molecule is CCN(C(=O)CSc1nnc(-c2ccccc2Cl)n1C)c1cccc2ccccc12. The van der Waals surface area contributed by atoms with Gasteiger partial charge in [0.05, 0.1) is 16.5 Å². The van der Waals surface area contributed by atoms with Crippen molar-refractivity contribution in [1.82, 2.24) is 14.8 Å². The molecule has 5 nitrogen and oxygen atoms in total. The largest absolute Gasteiger partial charge is 0.311 e. The number of hydrogen-bond donors (Lipinski definition) is 0. The summed E-state index contributed by atoms with van der Waals surface area (Å²) in [5.74, 6) is 0.976. The van der Waals surface area contributed by atoms with Crippen molar-refractivity contribution in [1.29, 1.82) is 0 Å². The Morgan fingerprint density at radius 1 is 1.03 bits per heavy atom. The van der Waals surface area contributed by atoms with Gasteiger partial charge in [0.25, 0.3) is 0 Å². The van der Waals surface area contributed by atoms with Crippen molar-refractivity contribution in [2.24, 2.45) is 7.05 Å². The van der Waals surface area contributed by atoms with Crippen LogP contribution in [0.3, 0.4) is 0 Å². The van der Waals surface area contributed by atoms with Crippen LogP contribution < -0.4 is 4.90 Å². The molecule has 7 heteroatoms. The van der Waals surface area contributed by atoms with E-state index in [-0.39, 0.29) is 11.7 Å². The molecule has 0 saturated carbocycles. The van der Waals surface area contributed by atoms with Crippen molar-refractivity contribution in [3.05, 3.63) is 71.8 Å². The third-order valence-corrected chi connectivity index (χ3v) is 6.28. The van der Waals surface area contributed by atoms with Gasteiger partial charge >= 0.3 is 0 Å². The van der Waals surface area contributed by atoms with E-state index >= 15 is 0 Å². The molecule has 1 amide bonds. The normalized spacial score (nSPS) is 11.0. The van der Waals surface area contributed by atoms with E-state index in [0.29, 0.717) is 22.5 Å². The van der Waals surface area contributed by atoms with Gasteiger partial charge < -0.3 is 9.47 Å². The van der Waals surface area contributed by atoms with Crippen LogP contribution in [0, 0.1) is 0 Å². The summed E-state index contributed by atoms with van der Waals surface area (Å²) < 4.78 is 1.87. The van der Waals surface area contributed by atoms with Gasteiger partial charge in [0.2, 0.25) is 5.91 Å². The van der Waals surface area contributed by atoms with Crippen LogP contribution in [0.1, 0.15) is 6.92 Å². The van der Waals surface area contributed by atoms with Crippen LogP contribution in [-0.2, 0) is 11.8 Å². The fourth-order valence-corrected chi connectivity index (χ4v) is 4.45. The van der Waals surface area contributed by atoms with E-state index in [1.54, 1.807) is 0 Å². The number of amides is 1. The van der Waals surface area contributed by atoms with Crippen molar-refractivity contribution in [2.75, 3.05) is 17.2 Å². The highest BCUT2D eigenvalue weighted by atomic mass is 35.5. The number of carbonyl (C=O) groups is 1. The molecule has 0 atom stereocenters. The van der Waals surface area contributed by atoms with Gasteiger partial charge in [-0.2, -0.15) is 0 Å². The number of carbonyl (C=O) groups excluding carboxylic acids is 1. The van der Waals surface area contributed by atoms with E-state index in [1.165, 1.54) is 11.8 Å². The standard InChI is InChI=1S/C23H21ClN4OS/c1-3-28(20-14-8-10-16-9-4-5-11-17(16)20)21(29)15-30-23-26-25-22(27(23)2)18-12-6-7-13-19(18)24/h4-14H,3,15H2,1-2H3. The fraction of sp³-hybridized carbons (Fsp3) is 0.174. The minimum Gasteiger partial charge on any atom is -0.311 e. The molecule has 152 valence electrons. The lowest BCUT2D eigenvalue weighted by Crippen LogP contribution is -2.32. The lowest BCUT2D eigenvalue weighted by molar-refractivity contribution is -0.116. The van der Waals surface area contributed by atoms with Gasteiger partial charge in [0.1, 0.15) is 0 Å². The van der Waals surface area contributed by atoms with Crippen LogP contribution in [0.25, 0.3) is 22.2 Å². The Bertz CT molecular complexity index is 1200. The summed E-state index contributed by atoms with van der Waals surface area (Å²) in [5, 5.41) is 12.0. The number of rotatable bonds is 6. The van der Waals surface area contributed by atoms with Gasteiger partial charge in [-0.25, -0.2) is 0 Å². The number of nitrogens with zero attached hydrogens (tertiary/aromatic N) is 4. The Hall–Kier alpha value is -2.83. The first kappa shape index (κ1) is 20.4. The van der Waals surface area contributed by atoms with Gasteiger partial charge in [0.15, 0.2) is 11.0 Å². The molecule has 4 aromatic rings. The van der Waals surface area contributed by atoms with Crippen LogP contribution in [0.2, 0.25) is 5.02 Å². The zero-order chi connectivity index (χ0) is 21.1. The molecule has 0 bridgehead atoms. The smallest absolute Gasteiger partial charge is 0.237 e. The molecule has 1 heterocycles. The summed E-state index contributed by atoms with van der Waals surface area (Å²) in [4.78, 5) is 14.9. The molecule has 4 rings (SSSR count). The predicted molar refractivity (Wildman–Crippen MR) is 124 cm³/mol. The van der Waals surface area contributed by atoms with Crippen molar-refractivity contribution in [2.45, 2.75) is 12.1 Å². The molecule has 3 aromatic carbocycles. The zero-order valence-corrected chi connectivity index (χ0v) is 18.3. The molecule has 1 aromatic heterocycles. The van der Waals surface area contributed by atoms with Crippen LogP contribution in [-0.4, -0.2) is 33.0 Å².